The summed E-state index contributed by atoms with van der Waals surface area (Å²) in [6, 6.07) is 20.1. The average molecular weight is 526 g/mol. The standard InChI is InChI=1S/C31H27NO7/c1-4-38-31(36)20-13-11-19(12-14-20)17-32-26(21-8-5-7-18(2)15-21)25(28(34)30(32)35)27(33)24-16-22-9-6-10-23(37-3)29(22)39-24/h5-16,26,34H,4,17H2,1-3H3. The highest BCUT2D eigenvalue weighted by atomic mass is 16.5. The van der Waals surface area contributed by atoms with Crippen LogP contribution in [0.3, 0.4) is 0 Å². The molecule has 4 aromatic rings. The van der Waals surface area contributed by atoms with Crippen LogP contribution in [-0.2, 0) is 16.1 Å². The quantitative estimate of drug-likeness (QED) is 0.232. The zero-order valence-electron chi connectivity index (χ0n) is 21.8. The number of nitrogens with zero attached hydrogens (tertiary/aromatic N) is 1. The molecule has 1 aliphatic heterocycles. The van der Waals surface area contributed by atoms with Gasteiger partial charge < -0.3 is 23.9 Å². The van der Waals surface area contributed by atoms with Crippen molar-refractivity contribution in [3.05, 3.63) is 112 Å². The van der Waals surface area contributed by atoms with E-state index in [1.165, 1.54) is 12.0 Å². The first kappa shape index (κ1) is 25.8. The molecule has 3 aromatic carbocycles. The molecule has 0 saturated heterocycles. The summed E-state index contributed by atoms with van der Waals surface area (Å²) < 4.78 is 16.3. The van der Waals surface area contributed by atoms with E-state index in [-0.39, 0.29) is 24.5 Å². The van der Waals surface area contributed by atoms with E-state index in [0.29, 0.717) is 33.4 Å². The Hall–Kier alpha value is -4.85. The number of Topliss-reactive ketones (excluding diaryl/α,β-unsaturated/α-hetero) is 1. The number of aryl methyl sites for hydroxylation is 1. The molecule has 1 unspecified atom stereocenters. The van der Waals surface area contributed by atoms with Crippen molar-refractivity contribution < 1.29 is 33.4 Å². The molecular formula is C31H27NO7. The van der Waals surface area contributed by atoms with E-state index in [4.69, 9.17) is 13.9 Å². The fourth-order valence-electron chi connectivity index (χ4n) is 4.83. The lowest BCUT2D eigenvalue weighted by Crippen LogP contribution is -2.30. The number of carbonyl (C=O) groups excluding carboxylic acids is 3. The maximum atomic E-state index is 13.8. The second-order valence-electron chi connectivity index (χ2n) is 9.25. The van der Waals surface area contributed by atoms with Crippen molar-refractivity contribution in [2.45, 2.75) is 26.4 Å². The van der Waals surface area contributed by atoms with Crippen LogP contribution in [0.1, 0.15) is 50.6 Å². The Morgan fingerprint density at radius 2 is 1.77 bits per heavy atom. The lowest BCUT2D eigenvalue weighted by atomic mass is 9.94. The van der Waals surface area contributed by atoms with Gasteiger partial charge in [0, 0.05) is 11.9 Å². The smallest absolute Gasteiger partial charge is 0.338 e. The van der Waals surface area contributed by atoms with Gasteiger partial charge in [0.1, 0.15) is 0 Å². The largest absolute Gasteiger partial charge is 0.503 e. The molecule has 0 saturated carbocycles. The minimum absolute atomic E-state index is 0.0119. The molecule has 0 radical (unpaired) electrons. The number of aliphatic hydroxyl groups excluding tert-OH is 1. The van der Waals surface area contributed by atoms with Crippen LogP contribution in [0, 0.1) is 6.92 Å². The summed E-state index contributed by atoms with van der Waals surface area (Å²) in [5, 5.41) is 11.7. The summed E-state index contributed by atoms with van der Waals surface area (Å²) >= 11 is 0. The van der Waals surface area contributed by atoms with Gasteiger partial charge in [-0.3, -0.25) is 9.59 Å². The maximum absolute atomic E-state index is 13.8. The number of benzene rings is 3. The number of fused-ring (bicyclic) bond motifs is 1. The van der Waals surface area contributed by atoms with Crippen molar-refractivity contribution in [1.82, 2.24) is 4.90 Å². The van der Waals surface area contributed by atoms with E-state index in [0.717, 1.165) is 5.56 Å². The van der Waals surface area contributed by atoms with Gasteiger partial charge in [-0.2, -0.15) is 0 Å². The normalized spacial score (nSPS) is 15.2. The lowest BCUT2D eigenvalue weighted by Gasteiger charge is -2.27. The number of rotatable bonds is 8. The van der Waals surface area contributed by atoms with Crippen molar-refractivity contribution in [1.29, 1.82) is 0 Å². The second-order valence-corrected chi connectivity index (χ2v) is 9.25. The molecule has 2 heterocycles. The summed E-state index contributed by atoms with van der Waals surface area (Å²) in [5.74, 6) is -1.87. The first-order valence-corrected chi connectivity index (χ1v) is 12.5. The number of aliphatic hydroxyl groups is 1. The van der Waals surface area contributed by atoms with Crippen LogP contribution in [0.5, 0.6) is 5.75 Å². The Bertz CT molecular complexity index is 1610. The van der Waals surface area contributed by atoms with Gasteiger partial charge in [-0.05, 0) is 49.2 Å². The van der Waals surface area contributed by atoms with Crippen LogP contribution < -0.4 is 4.74 Å². The highest BCUT2D eigenvalue weighted by Gasteiger charge is 2.44. The molecule has 198 valence electrons. The first-order chi connectivity index (χ1) is 18.8. The van der Waals surface area contributed by atoms with E-state index in [2.05, 4.69) is 0 Å². The molecule has 1 N–H and O–H groups in total. The van der Waals surface area contributed by atoms with Crippen molar-refractivity contribution in [3.8, 4) is 5.75 Å². The summed E-state index contributed by atoms with van der Waals surface area (Å²) in [6.07, 6.45) is 0. The van der Waals surface area contributed by atoms with Gasteiger partial charge in [0.05, 0.1) is 30.9 Å². The lowest BCUT2D eigenvalue weighted by molar-refractivity contribution is -0.130. The maximum Gasteiger partial charge on any atom is 0.338 e. The Kier molecular flexibility index (Phi) is 6.94. The average Bonchev–Trinajstić information content (AvgIpc) is 3.48. The zero-order chi connectivity index (χ0) is 27.7. The number of amides is 1. The highest BCUT2D eigenvalue weighted by molar-refractivity contribution is 6.16. The Morgan fingerprint density at radius 1 is 1.03 bits per heavy atom. The summed E-state index contributed by atoms with van der Waals surface area (Å²) in [5.41, 5.74) is 3.05. The predicted octanol–water partition coefficient (Wildman–Crippen LogP) is 5.71. The molecule has 0 spiro atoms. The molecule has 0 bridgehead atoms. The minimum atomic E-state index is -0.857. The van der Waals surface area contributed by atoms with Crippen molar-refractivity contribution in [3.63, 3.8) is 0 Å². The van der Waals surface area contributed by atoms with Crippen LogP contribution >= 0.6 is 0 Å². The zero-order valence-corrected chi connectivity index (χ0v) is 21.8. The number of esters is 1. The second kappa shape index (κ2) is 10.5. The van der Waals surface area contributed by atoms with E-state index in [9.17, 15) is 19.5 Å². The molecule has 1 atom stereocenters. The third kappa shape index (κ3) is 4.77. The van der Waals surface area contributed by atoms with Crippen LogP contribution in [0.2, 0.25) is 0 Å². The number of furan rings is 1. The topological polar surface area (TPSA) is 106 Å². The van der Waals surface area contributed by atoms with E-state index >= 15 is 0 Å². The Balaban J connectivity index is 1.54. The van der Waals surface area contributed by atoms with Crippen LogP contribution in [0.15, 0.2) is 88.5 Å². The van der Waals surface area contributed by atoms with Gasteiger partial charge in [0.25, 0.3) is 5.91 Å². The summed E-state index contributed by atoms with van der Waals surface area (Å²) in [7, 11) is 1.51. The van der Waals surface area contributed by atoms with E-state index in [1.807, 2.05) is 31.2 Å². The van der Waals surface area contributed by atoms with Gasteiger partial charge in [0.15, 0.2) is 22.9 Å². The Labute approximate surface area is 225 Å². The molecule has 8 heteroatoms. The first-order valence-electron chi connectivity index (χ1n) is 12.5. The van der Waals surface area contributed by atoms with E-state index < -0.39 is 29.5 Å². The predicted molar refractivity (Wildman–Crippen MR) is 144 cm³/mol. The number of carbonyl (C=O) groups is 3. The van der Waals surface area contributed by atoms with Crippen molar-refractivity contribution >= 4 is 28.6 Å². The third-order valence-electron chi connectivity index (χ3n) is 6.68. The van der Waals surface area contributed by atoms with Gasteiger partial charge in [-0.1, -0.05) is 54.1 Å². The molecule has 0 fully saturated rings. The van der Waals surface area contributed by atoms with Crippen LogP contribution in [0.25, 0.3) is 11.0 Å². The molecule has 1 aromatic heterocycles. The van der Waals surface area contributed by atoms with Crippen LogP contribution in [0.4, 0.5) is 0 Å². The number of ether oxygens (including phenoxy) is 2. The third-order valence-corrected chi connectivity index (χ3v) is 6.68. The molecule has 39 heavy (non-hydrogen) atoms. The summed E-state index contributed by atoms with van der Waals surface area (Å²) in [6.45, 7) is 4.00. The fourth-order valence-corrected chi connectivity index (χ4v) is 4.83. The fraction of sp³-hybridized carbons (Fsp3) is 0.194. The summed E-state index contributed by atoms with van der Waals surface area (Å²) in [4.78, 5) is 40.7. The van der Waals surface area contributed by atoms with Crippen molar-refractivity contribution in [2.24, 2.45) is 0 Å². The highest BCUT2D eigenvalue weighted by Crippen LogP contribution is 2.41. The number of hydrogen-bond acceptors (Lipinski definition) is 7. The van der Waals surface area contributed by atoms with Gasteiger partial charge in [-0.25, -0.2) is 4.79 Å². The van der Waals surface area contributed by atoms with Crippen molar-refractivity contribution in [2.75, 3.05) is 13.7 Å². The Morgan fingerprint density at radius 3 is 2.46 bits per heavy atom. The minimum Gasteiger partial charge on any atom is -0.503 e. The number of para-hydroxylation sites is 1. The number of methoxy groups -OCH3 is 1. The van der Waals surface area contributed by atoms with Crippen LogP contribution in [-0.4, -0.2) is 41.4 Å². The monoisotopic (exact) mass is 525 g/mol. The SMILES string of the molecule is CCOC(=O)c1ccc(CN2C(=O)C(O)=C(C(=O)c3cc4cccc(OC)c4o3)C2c2cccc(C)c2)cc1. The van der Waals surface area contributed by atoms with Gasteiger partial charge in [-0.15, -0.1) is 0 Å². The number of hydrogen-bond donors (Lipinski definition) is 1. The van der Waals surface area contributed by atoms with Gasteiger partial charge >= 0.3 is 5.97 Å². The molecule has 1 aliphatic rings. The number of ketones is 1. The van der Waals surface area contributed by atoms with Gasteiger partial charge in [0.2, 0.25) is 5.78 Å². The molecule has 5 rings (SSSR count). The molecule has 8 nitrogen and oxygen atoms in total. The van der Waals surface area contributed by atoms with E-state index in [1.54, 1.807) is 55.5 Å². The molecule has 0 aliphatic carbocycles. The molecular weight excluding hydrogens is 498 g/mol. The molecule has 1 amide bonds.